The lowest BCUT2D eigenvalue weighted by Crippen LogP contribution is -2.42. The lowest BCUT2D eigenvalue weighted by atomic mass is 9.68. The molecule has 3 N–H and O–H groups in total. The van der Waals surface area contributed by atoms with Crippen molar-refractivity contribution in [1.82, 2.24) is 9.97 Å². The molecule has 3 nitrogen and oxygen atoms in total. The molecule has 4 heteroatoms. The lowest BCUT2D eigenvalue weighted by molar-refractivity contribution is 0.239. The lowest BCUT2D eigenvalue weighted by Gasteiger charge is -2.39. The summed E-state index contributed by atoms with van der Waals surface area (Å²) in [6.07, 6.45) is 3.37. The average Bonchev–Trinajstić information content (AvgIpc) is 2.71. The van der Waals surface area contributed by atoms with E-state index in [2.05, 4.69) is 9.97 Å². The van der Waals surface area contributed by atoms with Crippen molar-refractivity contribution in [2.45, 2.75) is 31.6 Å². The second kappa shape index (κ2) is 4.46. The van der Waals surface area contributed by atoms with Crippen LogP contribution >= 0.6 is 0 Å². The number of imidazole rings is 1. The summed E-state index contributed by atoms with van der Waals surface area (Å²) in [4.78, 5) is 8.03. The fourth-order valence-corrected chi connectivity index (χ4v) is 2.77. The minimum atomic E-state index is -0.237. The van der Waals surface area contributed by atoms with E-state index in [4.69, 9.17) is 5.73 Å². The Labute approximate surface area is 112 Å². The van der Waals surface area contributed by atoms with Gasteiger partial charge in [0, 0.05) is 23.2 Å². The first kappa shape index (κ1) is 12.4. The fourth-order valence-electron chi connectivity index (χ4n) is 2.77. The highest BCUT2D eigenvalue weighted by atomic mass is 19.1. The Kier molecular flexibility index (Phi) is 2.90. The van der Waals surface area contributed by atoms with Crippen LogP contribution in [0.3, 0.4) is 0 Å². The number of nitrogens with one attached hydrogen (secondary N) is 1. The Morgan fingerprint density at radius 2 is 2.21 bits per heavy atom. The first-order chi connectivity index (χ1) is 9.14. The molecular weight excluding hydrogens is 241 g/mol. The van der Waals surface area contributed by atoms with Gasteiger partial charge in [0.1, 0.15) is 11.6 Å². The molecule has 100 valence electrons. The number of nitrogens with two attached hydrogens (primary N) is 1. The molecule has 1 aromatic heterocycles. The molecule has 0 aliphatic heterocycles. The summed E-state index contributed by atoms with van der Waals surface area (Å²) in [6, 6.07) is 6.55. The van der Waals surface area contributed by atoms with E-state index in [1.165, 1.54) is 18.6 Å². The minimum absolute atomic E-state index is 0.0103. The third-order valence-corrected chi connectivity index (χ3v) is 4.19. The van der Waals surface area contributed by atoms with Gasteiger partial charge in [0.05, 0.1) is 5.69 Å². The maximum Gasteiger partial charge on any atom is 0.123 e. The highest BCUT2D eigenvalue weighted by Crippen LogP contribution is 2.42. The van der Waals surface area contributed by atoms with E-state index in [-0.39, 0.29) is 11.2 Å². The van der Waals surface area contributed by atoms with E-state index in [0.29, 0.717) is 6.54 Å². The zero-order chi connectivity index (χ0) is 13.5. The van der Waals surface area contributed by atoms with Crippen LogP contribution in [0.2, 0.25) is 0 Å². The molecular formula is C15H18FN3. The molecule has 19 heavy (non-hydrogen) atoms. The summed E-state index contributed by atoms with van der Waals surface area (Å²) in [5.74, 6) is 0.719. The van der Waals surface area contributed by atoms with E-state index in [0.717, 1.165) is 35.6 Å². The number of H-pyrrole nitrogens is 1. The summed E-state index contributed by atoms with van der Waals surface area (Å²) < 4.78 is 13.3. The number of halogens is 1. The number of aromatic amines is 1. The smallest absolute Gasteiger partial charge is 0.123 e. The molecule has 1 aliphatic rings. The topological polar surface area (TPSA) is 54.7 Å². The van der Waals surface area contributed by atoms with Crippen LogP contribution in [0.15, 0.2) is 24.3 Å². The van der Waals surface area contributed by atoms with Gasteiger partial charge < -0.3 is 10.7 Å². The van der Waals surface area contributed by atoms with Gasteiger partial charge in [-0.2, -0.15) is 0 Å². The zero-order valence-electron chi connectivity index (χ0n) is 11.0. The van der Waals surface area contributed by atoms with Gasteiger partial charge in [0.25, 0.3) is 0 Å². The van der Waals surface area contributed by atoms with Gasteiger partial charge in [-0.1, -0.05) is 18.6 Å². The van der Waals surface area contributed by atoms with Crippen molar-refractivity contribution in [1.29, 1.82) is 0 Å². The number of nitrogens with zero attached hydrogens (tertiary/aromatic N) is 1. The number of benzene rings is 1. The summed E-state index contributed by atoms with van der Waals surface area (Å²) in [5.41, 5.74) is 8.53. The highest BCUT2D eigenvalue weighted by molar-refractivity contribution is 5.62. The van der Waals surface area contributed by atoms with Gasteiger partial charge >= 0.3 is 0 Å². The van der Waals surface area contributed by atoms with Gasteiger partial charge in [0.15, 0.2) is 0 Å². The number of aryl methyl sites for hydroxylation is 1. The molecule has 0 spiro atoms. The molecule has 1 aliphatic carbocycles. The number of hydrogen-bond donors (Lipinski definition) is 2. The molecule has 1 heterocycles. The second-order valence-corrected chi connectivity index (χ2v) is 5.41. The Hall–Kier alpha value is -1.68. The summed E-state index contributed by atoms with van der Waals surface area (Å²) in [7, 11) is 0. The molecule has 0 radical (unpaired) electrons. The molecule has 0 bridgehead atoms. The van der Waals surface area contributed by atoms with Gasteiger partial charge in [-0.25, -0.2) is 9.37 Å². The predicted molar refractivity (Wildman–Crippen MR) is 73.3 cm³/mol. The quantitative estimate of drug-likeness (QED) is 0.890. The van der Waals surface area contributed by atoms with Gasteiger partial charge in [-0.3, -0.25) is 0 Å². The number of hydrogen-bond acceptors (Lipinski definition) is 2. The molecule has 0 amide bonds. The molecule has 3 rings (SSSR count). The zero-order valence-corrected chi connectivity index (χ0v) is 11.0. The van der Waals surface area contributed by atoms with E-state index >= 15 is 0 Å². The third-order valence-electron chi connectivity index (χ3n) is 4.19. The molecule has 1 saturated carbocycles. The van der Waals surface area contributed by atoms with Crippen molar-refractivity contribution in [2.75, 3.05) is 6.54 Å². The van der Waals surface area contributed by atoms with E-state index in [1.807, 2.05) is 13.0 Å². The van der Waals surface area contributed by atoms with E-state index in [9.17, 15) is 4.39 Å². The highest BCUT2D eigenvalue weighted by Gasteiger charge is 2.40. The van der Waals surface area contributed by atoms with E-state index < -0.39 is 0 Å². The SMILES string of the molecule is Cc1[nH]c(C2(CN)CCC2)nc1-c1cccc(F)c1. The van der Waals surface area contributed by atoms with Crippen LogP contribution in [-0.4, -0.2) is 16.5 Å². The normalized spacial score (nSPS) is 17.2. The Morgan fingerprint density at radius 1 is 1.42 bits per heavy atom. The molecule has 0 saturated heterocycles. The predicted octanol–water partition coefficient (Wildman–Crippen LogP) is 2.90. The summed E-state index contributed by atoms with van der Waals surface area (Å²) in [6.45, 7) is 2.59. The van der Waals surface area contributed by atoms with Crippen LogP contribution in [0.1, 0.15) is 30.8 Å². The maximum atomic E-state index is 13.3. The molecule has 2 aromatic rings. The fraction of sp³-hybridized carbons (Fsp3) is 0.400. The standard InChI is InChI=1S/C15H18FN3/c1-10-13(11-4-2-5-12(16)8-11)19-14(18-10)15(9-17)6-3-7-15/h2,4-5,8H,3,6-7,9,17H2,1H3,(H,18,19). The average molecular weight is 259 g/mol. The third kappa shape index (κ3) is 1.96. The Bertz CT molecular complexity index is 594. The maximum absolute atomic E-state index is 13.3. The Balaban J connectivity index is 2.02. The summed E-state index contributed by atoms with van der Waals surface area (Å²) in [5, 5.41) is 0. The Morgan fingerprint density at radius 3 is 2.79 bits per heavy atom. The van der Waals surface area contributed by atoms with Crippen LogP contribution < -0.4 is 5.73 Å². The van der Waals surface area contributed by atoms with Crippen LogP contribution in [0.25, 0.3) is 11.3 Å². The summed E-state index contributed by atoms with van der Waals surface area (Å²) >= 11 is 0. The minimum Gasteiger partial charge on any atom is -0.345 e. The second-order valence-electron chi connectivity index (χ2n) is 5.41. The molecule has 1 fully saturated rings. The van der Waals surface area contributed by atoms with Crippen molar-refractivity contribution < 1.29 is 4.39 Å². The molecule has 0 atom stereocenters. The van der Waals surface area contributed by atoms with Crippen molar-refractivity contribution in [2.24, 2.45) is 5.73 Å². The van der Waals surface area contributed by atoms with Gasteiger partial charge in [-0.05, 0) is 31.9 Å². The number of aromatic nitrogens is 2. The van der Waals surface area contributed by atoms with Crippen LogP contribution in [0.4, 0.5) is 4.39 Å². The monoisotopic (exact) mass is 259 g/mol. The molecule has 0 unspecified atom stereocenters. The van der Waals surface area contributed by atoms with Crippen molar-refractivity contribution in [3.63, 3.8) is 0 Å². The largest absolute Gasteiger partial charge is 0.345 e. The van der Waals surface area contributed by atoms with Gasteiger partial charge in [-0.15, -0.1) is 0 Å². The number of rotatable bonds is 3. The van der Waals surface area contributed by atoms with Crippen LogP contribution in [-0.2, 0) is 5.41 Å². The van der Waals surface area contributed by atoms with Crippen LogP contribution in [0, 0.1) is 12.7 Å². The van der Waals surface area contributed by atoms with Crippen molar-refractivity contribution >= 4 is 0 Å². The van der Waals surface area contributed by atoms with E-state index in [1.54, 1.807) is 6.07 Å². The van der Waals surface area contributed by atoms with Crippen molar-refractivity contribution in [3.05, 3.63) is 41.6 Å². The van der Waals surface area contributed by atoms with Gasteiger partial charge in [0.2, 0.25) is 0 Å². The van der Waals surface area contributed by atoms with Crippen LogP contribution in [0.5, 0.6) is 0 Å². The first-order valence-electron chi connectivity index (χ1n) is 6.68. The van der Waals surface area contributed by atoms with Crippen molar-refractivity contribution in [3.8, 4) is 11.3 Å². The first-order valence-corrected chi connectivity index (χ1v) is 6.68. The molecule has 1 aromatic carbocycles.